The maximum atomic E-state index is 12.6. The van der Waals surface area contributed by atoms with Gasteiger partial charge in [0.05, 0.1) is 5.56 Å². The van der Waals surface area contributed by atoms with Gasteiger partial charge in [0, 0.05) is 36.6 Å². The van der Waals surface area contributed by atoms with Gasteiger partial charge in [-0.3, -0.25) is 4.79 Å². The van der Waals surface area contributed by atoms with Crippen LogP contribution in [-0.2, 0) is 0 Å². The van der Waals surface area contributed by atoms with E-state index in [1.165, 1.54) is 11.5 Å². The van der Waals surface area contributed by atoms with Crippen LogP contribution in [-0.4, -0.2) is 44.2 Å². The Bertz CT molecular complexity index is 1080. The van der Waals surface area contributed by atoms with Crippen LogP contribution in [0.25, 0.3) is 10.7 Å². The molecule has 0 atom stereocenters. The Balaban J connectivity index is 1.29. The molecule has 5 rings (SSSR count). The highest BCUT2D eigenvalue weighted by Gasteiger charge is 2.40. The lowest BCUT2D eigenvalue weighted by atomic mass is 9.92. The standard InChI is InChI=1S/C19H18ClN7OS/c1-11-21-18(29-26-11)15-4-5-16(25-24-15)27-8-6-19(7-9-27)22-14-3-2-12(20)10-13(14)17(28)23-19/h2-5,10,22H,6-9H2,1H3,(H,23,28). The van der Waals surface area contributed by atoms with Crippen LogP contribution < -0.4 is 15.5 Å². The summed E-state index contributed by atoms with van der Waals surface area (Å²) < 4.78 is 4.18. The number of amides is 1. The molecule has 0 aliphatic carbocycles. The van der Waals surface area contributed by atoms with Gasteiger partial charge in [-0.2, -0.15) is 4.37 Å². The van der Waals surface area contributed by atoms with Crippen LogP contribution in [0.3, 0.4) is 0 Å². The highest BCUT2D eigenvalue weighted by atomic mass is 35.5. The average Bonchev–Trinajstić information content (AvgIpc) is 3.16. The molecule has 0 unspecified atom stereocenters. The number of nitrogens with one attached hydrogen (secondary N) is 2. The van der Waals surface area contributed by atoms with E-state index in [1.807, 2.05) is 25.1 Å². The summed E-state index contributed by atoms with van der Waals surface area (Å²) in [5, 5.41) is 16.7. The number of halogens is 1. The summed E-state index contributed by atoms with van der Waals surface area (Å²) in [5.41, 5.74) is 1.68. The molecule has 10 heteroatoms. The minimum absolute atomic E-state index is 0.0915. The zero-order chi connectivity index (χ0) is 20.0. The van der Waals surface area contributed by atoms with E-state index in [1.54, 1.807) is 12.1 Å². The molecule has 2 aromatic heterocycles. The highest BCUT2D eigenvalue weighted by molar-refractivity contribution is 7.09. The molecule has 1 aromatic carbocycles. The molecule has 1 amide bonds. The number of hydrogen-bond donors (Lipinski definition) is 2. The number of hydrogen-bond acceptors (Lipinski definition) is 8. The zero-order valence-corrected chi connectivity index (χ0v) is 17.2. The summed E-state index contributed by atoms with van der Waals surface area (Å²) >= 11 is 7.34. The molecular formula is C19H18ClN7OS. The van der Waals surface area contributed by atoms with Crippen molar-refractivity contribution in [2.75, 3.05) is 23.3 Å². The predicted molar refractivity (Wildman–Crippen MR) is 112 cm³/mol. The van der Waals surface area contributed by atoms with E-state index >= 15 is 0 Å². The molecule has 1 spiro atoms. The first-order valence-corrected chi connectivity index (χ1v) is 10.5. The number of aryl methyl sites for hydroxylation is 1. The molecule has 0 bridgehead atoms. The van der Waals surface area contributed by atoms with Gasteiger partial charge in [0.2, 0.25) is 0 Å². The number of benzene rings is 1. The second-order valence-electron chi connectivity index (χ2n) is 7.26. The van der Waals surface area contributed by atoms with Crippen LogP contribution in [0.2, 0.25) is 5.02 Å². The van der Waals surface area contributed by atoms with Crippen molar-refractivity contribution in [2.45, 2.75) is 25.4 Å². The van der Waals surface area contributed by atoms with Gasteiger partial charge < -0.3 is 15.5 Å². The van der Waals surface area contributed by atoms with Crippen LogP contribution in [0, 0.1) is 6.92 Å². The summed E-state index contributed by atoms with van der Waals surface area (Å²) in [6, 6.07) is 9.24. The molecule has 2 aliphatic rings. The number of fused-ring (bicyclic) bond motifs is 1. The number of rotatable bonds is 2. The molecule has 3 aromatic rings. The van der Waals surface area contributed by atoms with Crippen molar-refractivity contribution in [1.82, 2.24) is 24.9 Å². The molecule has 8 nitrogen and oxygen atoms in total. The molecule has 4 heterocycles. The lowest BCUT2D eigenvalue weighted by molar-refractivity contribution is 0.0885. The van der Waals surface area contributed by atoms with Crippen molar-refractivity contribution in [2.24, 2.45) is 0 Å². The third-order valence-electron chi connectivity index (χ3n) is 5.29. The van der Waals surface area contributed by atoms with E-state index in [9.17, 15) is 4.79 Å². The SMILES string of the molecule is Cc1nsc(-c2ccc(N3CCC4(CC3)NC(=O)c3cc(Cl)ccc3N4)nn2)n1. The number of carbonyl (C=O) groups is 1. The topological polar surface area (TPSA) is 95.9 Å². The zero-order valence-electron chi connectivity index (χ0n) is 15.6. The quantitative estimate of drug-likeness (QED) is 0.648. The van der Waals surface area contributed by atoms with E-state index in [0.29, 0.717) is 10.6 Å². The first kappa shape index (κ1) is 18.3. The minimum Gasteiger partial charge on any atom is -0.362 e. The fourth-order valence-corrected chi connectivity index (χ4v) is 4.57. The molecule has 148 valence electrons. The summed E-state index contributed by atoms with van der Waals surface area (Å²) in [5.74, 6) is 1.47. The monoisotopic (exact) mass is 427 g/mol. The number of piperidine rings is 1. The molecule has 29 heavy (non-hydrogen) atoms. The van der Waals surface area contributed by atoms with Crippen LogP contribution in [0.15, 0.2) is 30.3 Å². The maximum absolute atomic E-state index is 12.6. The van der Waals surface area contributed by atoms with Gasteiger partial charge in [0.1, 0.15) is 17.2 Å². The number of carbonyl (C=O) groups excluding carboxylic acids is 1. The molecule has 1 saturated heterocycles. The largest absolute Gasteiger partial charge is 0.362 e. The van der Waals surface area contributed by atoms with Crippen molar-refractivity contribution >= 4 is 40.5 Å². The van der Waals surface area contributed by atoms with Crippen molar-refractivity contribution in [1.29, 1.82) is 0 Å². The van der Waals surface area contributed by atoms with Gasteiger partial charge in [-0.15, -0.1) is 10.2 Å². The predicted octanol–water partition coefficient (Wildman–Crippen LogP) is 3.11. The van der Waals surface area contributed by atoms with Crippen molar-refractivity contribution < 1.29 is 4.79 Å². The fraction of sp³-hybridized carbons (Fsp3) is 0.316. The number of aromatic nitrogens is 4. The lowest BCUT2D eigenvalue weighted by Gasteiger charge is -2.46. The molecule has 0 radical (unpaired) electrons. The van der Waals surface area contributed by atoms with Crippen LogP contribution in [0.1, 0.15) is 29.0 Å². The van der Waals surface area contributed by atoms with E-state index in [4.69, 9.17) is 11.6 Å². The third kappa shape index (κ3) is 3.40. The van der Waals surface area contributed by atoms with Crippen molar-refractivity contribution in [3.63, 3.8) is 0 Å². The average molecular weight is 428 g/mol. The summed E-state index contributed by atoms with van der Waals surface area (Å²) in [6.45, 7) is 3.36. The van der Waals surface area contributed by atoms with E-state index < -0.39 is 5.66 Å². The van der Waals surface area contributed by atoms with Crippen LogP contribution in [0.5, 0.6) is 0 Å². The van der Waals surface area contributed by atoms with E-state index in [0.717, 1.165) is 54.0 Å². The smallest absolute Gasteiger partial charge is 0.255 e. The normalized spacial score (nSPS) is 17.6. The first-order chi connectivity index (χ1) is 14.0. The number of nitrogens with zero attached hydrogens (tertiary/aromatic N) is 5. The van der Waals surface area contributed by atoms with E-state index in [-0.39, 0.29) is 5.91 Å². The van der Waals surface area contributed by atoms with Gasteiger partial charge in [0.15, 0.2) is 10.8 Å². The molecule has 2 N–H and O–H groups in total. The van der Waals surface area contributed by atoms with Crippen LogP contribution >= 0.6 is 23.1 Å². The molecule has 1 fully saturated rings. The molecule has 2 aliphatic heterocycles. The third-order valence-corrected chi connectivity index (χ3v) is 6.36. The highest BCUT2D eigenvalue weighted by Crippen LogP contribution is 2.33. The Kier molecular flexibility index (Phi) is 4.36. The number of anilines is 2. The van der Waals surface area contributed by atoms with Gasteiger partial charge in [-0.25, -0.2) is 4.98 Å². The van der Waals surface area contributed by atoms with E-state index in [2.05, 4.69) is 35.1 Å². The maximum Gasteiger partial charge on any atom is 0.255 e. The van der Waals surface area contributed by atoms with Gasteiger partial charge in [0.25, 0.3) is 5.91 Å². The Morgan fingerprint density at radius 1 is 1.14 bits per heavy atom. The summed E-state index contributed by atoms with van der Waals surface area (Å²) in [6.07, 6.45) is 1.50. The van der Waals surface area contributed by atoms with Gasteiger partial charge in [-0.1, -0.05) is 11.6 Å². The van der Waals surface area contributed by atoms with Crippen molar-refractivity contribution in [3.8, 4) is 10.7 Å². The Morgan fingerprint density at radius 3 is 2.66 bits per heavy atom. The Labute approximate surface area is 176 Å². The Hall–Kier alpha value is -2.78. The second kappa shape index (κ2) is 6.93. The summed E-state index contributed by atoms with van der Waals surface area (Å²) in [7, 11) is 0. The van der Waals surface area contributed by atoms with Crippen molar-refractivity contribution in [3.05, 3.63) is 46.7 Å². The summed E-state index contributed by atoms with van der Waals surface area (Å²) in [4.78, 5) is 19.1. The second-order valence-corrected chi connectivity index (χ2v) is 8.45. The Morgan fingerprint density at radius 2 is 1.97 bits per heavy atom. The fourth-order valence-electron chi connectivity index (χ4n) is 3.76. The van der Waals surface area contributed by atoms with Gasteiger partial charge in [-0.05, 0) is 48.8 Å². The minimum atomic E-state index is -0.453. The van der Waals surface area contributed by atoms with Crippen LogP contribution in [0.4, 0.5) is 11.5 Å². The van der Waals surface area contributed by atoms with Gasteiger partial charge >= 0.3 is 0 Å². The molecule has 0 saturated carbocycles. The lowest BCUT2D eigenvalue weighted by Crippen LogP contribution is -2.62. The molecular weight excluding hydrogens is 410 g/mol. The first-order valence-electron chi connectivity index (χ1n) is 9.31.